The first-order chi connectivity index (χ1) is 10.5. The molecule has 1 amide bonds. The van der Waals surface area contributed by atoms with Crippen molar-refractivity contribution in [2.75, 3.05) is 12.1 Å². The highest BCUT2D eigenvalue weighted by atomic mass is 16.7. The van der Waals surface area contributed by atoms with Gasteiger partial charge in [-0.05, 0) is 12.1 Å². The molecule has 1 aliphatic rings. The van der Waals surface area contributed by atoms with Gasteiger partial charge in [0.15, 0.2) is 11.5 Å². The summed E-state index contributed by atoms with van der Waals surface area (Å²) in [7, 11) is 2.79. The van der Waals surface area contributed by atoms with Gasteiger partial charge < -0.3 is 19.4 Å². The average Bonchev–Trinajstić information content (AvgIpc) is 2.96. The maximum atomic E-state index is 12.2. The Balaban J connectivity index is 1.93. The fraction of sp³-hybridized carbons (Fsp3) is 0.214. The fourth-order valence-electron chi connectivity index (χ4n) is 2.14. The molecule has 0 saturated carbocycles. The number of nitrogens with one attached hydrogen (secondary N) is 1. The van der Waals surface area contributed by atoms with Crippen molar-refractivity contribution in [1.82, 2.24) is 9.13 Å². The van der Waals surface area contributed by atoms with Gasteiger partial charge in [-0.2, -0.15) is 0 Å². The zero-order valence-corrected chi connectivity index (χ0v) is 12.0. The monoisotopic (exact) mass is 303 g/mol. The van der Waals surface area contributed by atoms with Gasteiger partial charge in [-0.25, -0.2) is 4.79 Å². The number of benzene rings is 1. The van der Waals surface area contributed by atoms with Crippen LogP contribution >= 0.6 is 0 Å². The number of rotatable bonds is 2. The van der Waals surface area contributed by atoms with Crippen molar-refractivity contribution in [2.24, 2.45) is 14.1 Å². The topological polar surface area (TPSA) is 91.6 Å². The van der Waals surface area contributed by atoms with E-state index in [1.807, 2.05) is 0 Å². The lowest BCUT2D eigenvalue weighted by atomic mass is 10.2. The summed E-state index contributed by atoms with van der Waals surface area (Å²) in [5.41, 5.74) is -0.807. The molecular weight excluding hydrogens is 290 g/mol. The molecule has 0 saturated heterocycles. The van der Waals surface area contributed by atoms with Gasteiger partial charge in [0, 0.05) is 32.0 Å². The number of amides is 1. The molecule has 1 N–H and O–H groups in total. The number of anilines is 1. The van der Waals surface area contributed by atoms with E-state index in [2.05, 4.69) is 5.32 Å². The van der Waals surface area contributed by atoms with Gasteiger partial charge >= 0.3 is 5.69 Å². The minimum Gasteiger partial charge on any atom is -0.454 e. The molecule has 2 heterocycles. The van der Waals surface area contributed by atoms with Crippen LogP contribution in [0, 0.1) is 0 Å². The van der Waals surface area contributed by atoms with E-state index in [1.165, 1.54) is 24.9 Å². The molecule has 0 unspecified atom stereocenters. The van der Waals surface area contributed by atoms with Crippen molar-refractivity contribution >= 4 is 11.6 Å². The Morgan fingerprint density at radius 2 is 1.91 bits per heavy atom. The molecule has 0 atom stereocenters. The number of nitrogens with zero attached hydrogens (tertiary/aromatic N) is 2. The molecule has 0 aliphatic carbocycles. The van der Waals surface area contributed by atoms with E-state index < -0.39 is 17.2 Å². The summed E-state index contributed by atoms with van der Waals surface area (Å²) in [6, 6.07) is 4.90. The molecule has 3 rings (SSSR count). The minimum atomic E-state index is -0.652. The number of carbonyl (C=O) groups excluding carboxylic acids is 1. The molecule has 1 aromatic carbocycles. The predicted octanol–water partition coefficient (Wildman–Crippen LogP) is 0.0650. The lowest BCUT2D eigenvalue weighted by Gasteiger charge is -2.08. The van der Waals surface area contributed by atoms with Gasteiger partial charge in [-0.3, -0.25) is 14.2 Å². The predicted molar refractivity (Wildman–Crippen MR) is 77.4 cm³/mol. The van der Waals surface area contributed by atoms with Gasteiger partial charge in [0.25, 0.3) is 11.5 Å². The van der Waals surface area contributed by atoms with Crippen LogP contribution in [0.4, 0.5) is 5.69 Å². The standard InChI is InChI=1S/C14H13N3O5/c1-16-6-9(13(19)17(2)14(16)20)12(18)15-8-3-4-10-11(5-8)22-7-21-10/h3-6H,7H2,1-2H3,(H,15,18). The van der Waals surface area contributed by atoms with Gasteiger partial charge in [-0.1, -0.05) is 0 Å². The molecule has 8 heteroatoms. The molecule has 8 nitrogen and oxygen atoms in total. The highest BCUT2D eigenvalue weighted by Crippen LogP contribution is 2.34. The summed E-state index contributed by atoms with van der Waals surface area (Å²) in [4.78, 5) is 35.9. The van der Waals surface area contributed by atoms with Crippen LogP contribution in [0.2, 0.25) is 0 Å². The van der Waals surface area contributed by atoms with Crippen molar-refractivity contribution in [3.05, 3.63) is 50.8 Å². The SMILES string of the molecule is Cn1cc(C(=O)Nc2ccc3c(c2)OCO3)c(=O)n(C)c1=O. The van der Waals surface area contributed by atoms with E-state index in [1.54, 1.807) is 18.2 Å². The highest BCUT2D eigenvalue weighted by Gasteiger charge is 2.17. The summed E-state index contributed by atoms with van der Waals surface area (Å²) in [6.07, 6.45) is 1.22. The number of hydrogen-bond acceptors (Lipinski definition) is 5. The second kappa shape index (κ2) is 5.06. The maximum absolute atomic E-state index is 12.2. The average molecular weight is 303 g/mol. The fourth-order valence-corrected chi connectivity index (χ4v) is 2.14. The Bertz CT molecular complexity index is 881. The lowest BCUT2D eigenvalue weighted by molar-refractivity contribution is 0.102. The highest BCUT2D eigenvalue weighted by molar-refractivity contribution is 6.04. The summed E-state index contributed by atoms with van der Waals surface area (Å²) in [5.74, 6) is 0.511. The Kier molecular flexibility index (Phi) is 3.21. The zero-order chi connectivity index (χ0) is 15.9. The van der Waals surface area contributed by atoms with Crippen molar-refractivity contribution in [2.45, 2.75) is 0 Å². The van der Waals surface area contributed by atoms with E-state index in [4.69, 9.17) is 9.47 Å². The van der Waals surface area contributed by atoms with Crippen LogP contribution in [-0.4, -0.2) is 21.8 Å². The number of aryl methyl sites for hydroxylation is 1. The normalized spacial score (nSPS) is 12.3. The van der Waals surface area contributed by atoms with E-state index in [-0.39, 0.29) is 12.4 Å². The van der Waals surface area contributed by atoms with E-state index in [9.17, 15) is 14.4 Å². The number of fused-ring (bicyclic) bond motifs is 1. The molecule has 0 fully saturated rings. The quantitative estimate of drug-likeness (QED) is 0.847. The Morgan fingerprint density at radius 1 is 1.18 bits per heavy atom. The Morgan fingerprint density at radius 3 is 2.68 bits per heavy atom. The third-order valence-electron chi connectivity index (χ3n) is 3.32. The van der Waals surface area contributed by atoms with Crippen LogP contribution in [0.5, 0.6) is 11.5 Å². The van der Waals surface area contributed by atoms with Crippen LogP contribution in [-0.2, 0) is 14.1 Å². The van der Waals surface area contributed by atoms with Gasteiger partial charge in [0.05, 0.1) is 0 Å². The molecule has 22 heavy (non-hydrogen) atoms. The molecule has 0 spiro atoms. The number of aromatic nitrogens is 2. The third-order valence-corrected chi connectivity index (χ3v) is 3.32. The summed E-state index contributed by atoms with van der Waals surface area (Å²) in [5, 5.41) is 2.60. The van der Waals surface area contributed by atoms with Crippen LogP contribution in [0.15, 0.2) is 34.0 Å². The molecule has 0 radical (unpaired) electrons. The van der Waals surface area contributed by atoms with E-state index in [0.29, 0.717) is 17.2 Å². The first-order valence-corrected chi connectivity index (χ1v) is 6.45. The Labute approximate surface area is 124 Å². The third kappa shape index (κ3) is 2.24. The second-order valence-corrected chi connectivity index (χ2v) is 4.82. The molecular formula is C14H13N3O5. The van der Waals surface area contributed by atoms with Crippen LogP contribution in [0.3, 0.4) is 0 Å². The largest absolute Gasteiger partial charge is 0.454 e. The Hall–Kier alpha value is -3.03. The molecule has 0 bridgehead atoms. The van der Waals surface area contributed by atoms with Crippen LogP contribution in [0.1, 0.15) is 10.4 Å². The second-order valence-electron chi connectivity index (χ2n) is 4.82. The first-order valence-electron chi connectivity index (χ1n) is 6.45. The molecule has 114 valence electrons. The zero-order valence-electron chi connectivity index (χ0n) is 12.0. The van der Waals surface area contributed by atoms with Gasteiger partial charge in [-0.15, -0.1) is 0 Å². The minimum absolute atomic E-state index is 0.123. The van der Waals surface area contributed by atoms with Crippen molar-refractivity contribution in [1.29, 1.82) is 0 Å². The van der Waals surface area contributed by atoms with Crippen molar-refractivity contribution < 1.29 is 14.3 Å². The van der Waals surface area contributed by atoms with Crippen LogP contribution in [0.25, 0.3) is 0 Å². The molecule has 2 aromatic rings. The molecule has 1 aliphatic heterocycles. The van der Waals surface area contributed by atoms with Crippen LogP contribution < -0.4 is 26.0 Å². The summed E-state index contributed by atoms with van der Waals surface area (Å²) < 4.78 is 12.5. The number of carbonyl (C=O) groups is 1. The summed E-state index contributed by atoms with van der Waals surface area (Å²) in [6.45, 7) is 0.133. The number of hydrogen-bond donors (Lipinski definition) is 1. The van der Waals surface area contributed by atoms with Gasteiger partial charge in [0.2, 0.25) is 6.79 Å². The molecule has 1 aromatic heterocycles. The van der Waals surface area contributed by atoms with Gasteiger partial charge in [0.1, 0.15) is 5.56 Å². The van der Waals surface area contributed by atoms with E-state index >= 15 is 0 Å². The first kappa shape index (κ1) is 13.9. The number of ether oxygens (including phenoxy) is 2. The smallest absolute Gasteiger partial charge is 0.330 e. The summed E-state index contributed by atoms with van der Waals surface area (Å²) >= 11 is 0. The van der Waals surface area contributed by atoms with Crippen molar-refractivity contribution in [3.63, 3.8) is 0 Å². The van der Waals surface area contributed by atoms with E-state index in [0.717, 1.165) is 4.57 Å². The van der Waals surface area contributed by atoms with Crippen molar-refractivity contribution in [3.8, 4) is 11.5 Å². The lowest BCUT2D eigenvalue weighted by Crippen LogP contribution is -2.40. The maximum Gasteiger partial charge on any atom is 0.330 e.